The van der Waals surface area contributed by atoms with Crippen molar-refractivity contribution in [3.05, 3.63) is 62.7 Å². The number of carbonyl (C=O) groups is 1. The molecule has 25 heavy (non-hydrogen) atoms. The van der Waals surface area contributed by atoms with E-state index in [0.717, 1.165) is 10.4 Å². The minimum Gasteiger partial charge on any atom is -0.374 e. The summed E-state index contributed by atoms with van der Waals surface area (Å²) in [5, 5.41) is 4.82. The van der Waals surface area contributed by atoms with Crippen LogP contribution in [0.1, 0.15) is 23.1 Å². The summed E-state index contributed by atoms with van der Waals surface area (Å²) in [6, 6.07) is 11.3. The van der Waals surface area contributed by atoms with Crippen LogP contribution in [0.4, 0.5) is 0 Å². The van der Waals surface area contributed by atoms with Gasteiger partial charge >= 0.3 is 0 Å². The highest BCUT2D eigenvalue weighted by molar-refractivity contribution is 7.10. The number of rotatable bonds is 7. The van der Waals surface area contributed by atoms with E-state index in [4.69, 9.17) is 4.74 Å². The van der Waals surface area contributed by atoms with Crippen LogP contribution >= 0.6 is 11.3 Å². The monoisotopic (exact) mass is 357 g/mol. The molecular weight excluding hydrogens is 338 g/mol. The number of nitrogens with zero attached hydrogens (tertiary/aromatic N) is 1. The number of H-pyrrole nitrogens is 1. The number of aromatic amines is 1. The Kier molecular flexibility index (Phi) is 5.57. The highest BCUT2D eigenvalue weighted by Crippen LogP contribution is 2.20. The molecule has 0 unspecified atom stereocenters. The first-order valence-electron chi connectivity index (χ1n) is 7.98. The Hall–Kier alpha value is -2.51. The van der Waals surface area contributed by atoms with Crippen molar-refractivity contribution in [3.63, 3.8) is 0 Å². The van der Waals surface area contributed by atoms with Crippen molar-refractivity contribution in [2.45, 2.75) is 18.9 Å². The van der Waals surface area contributed by atoms with Gasteiger partial charge in [0.15, 0.2) is 0 Å². The van der Waals surface area contributed by atoms with Gasteiger partial charge in [0.25, 0.3) is 5.56 Å². The number of thiophene rings is 1. The summed E-state index contributed by atoms with van der Waals surface area (Å²) in [4.78, 5) is 32.3. The number of ether oxygens (including phenoxy) is 1. The summed E-state index contributed by atoms with van der Waals surface area (Å²) in [5.41, 5.74) is 1.53. The van der Waals surface area contributed by atoms with E-state index in [1.54, 1.807) is 24.5 Å². The Morgan fingerprint density at radius 3 is 2.92 bits per heavy atom. The smallest absolute Gasteiger partial charge is 0.270 e. The number of hydrogen-bond acceptors (Lipinski definition) is 5. The van der Waals surface area contributed by atoms with Gasteiger partial charge in [-0.2, -0.15) is 0 Å². The molecule has 0 saturated carbocycles. The van der Waals surface area contributed by atoms with Gasteiger partial charge in [-0.15, -0.1) is 11.3 Å². The van der Waals surface area contributed by atoms with Gasteiger partial charge in [-0.05, 0) is 23.6 Å². The minimum absolute atomic E-state index is 0.132. The minimum atomic E-state index is -0.250. The molecule has 0 aliphatic rings. The predicted molar refractivity (Wildman–Crippen MR) is 97.8 cm³/mol. The maximum absolute atomic E-state index is 12.1. The molecule has 1 atom stereocenters. The average Bonchev–Trinajstić information content (AvgIpc) is 3.15. The molecule has 3 rings (SSSR count). The first kappa shape index (κ1) is 17.3. The molecule has 130 valence electrons. The van der Waals surface area contributed by atoms with Gasteiger partial charge in [0.05, 0.1) is 11.0 Å². The lowest BCUT2D eigenvalue weighted by Crippen LogP contribution is -2.29. The van der Waals surface area contributed by atoms with Crippen LogP contribution in [0.15, 0.2) is 46.6 Å². The van der Waals surface area contributed by atoms with Gasteiger partial charge in [-0.1, -0.05) is 18.2 Å². The van der Waals surface area contributed by atoms with Crippen LogP contribution in [0.2, 0.25) is 0 Å². The third-order valence-electron chi connectivity index (χ3n) is 3.89. The third kappa shape index (κ3) is 4.32. The molecule has 1 amide bonds. The summed E-state index contributed by atoms with van der Waals surface area (Å²) in [7, 11) is 1.62. The van der Waals surface area contributed by atoms with Crippen molar-refractivity contribution in [3.8, 4) is 0 Å². The molecule has 1 aromatic carbocycles. The maximum Gasteiger partial charge on any atom is 0.270 e. The first-order valence-corrected chi connectivity index (χ1v) is 8.86. The van der Waals surface area contributed by atoms with Crippen molar-refractivity contribution >= 4 is 28.3 Å². The molecule has 6 nitrogen and oxygen atoms in total. The van der Waals surface area contributed by atoms with Crippen LogP contribution in [-0.2, 0) is 16.0 Å². The lowest BCUT2D eigenvalue weighted by atomic mass is 10.2. The Balaban J connectivity index is 1.57. The number of methoxy groups -OCH3 is 1. The lowest BCUT2D eigenvalue weighted by molar-refractivity contribution is -0.121. The highest BCUT2D eigenvalue weighted by Gasteiger charge is 2.14. The number of nitrogens with one attached hydrogen (secondary N) is 2. The van der Waals surface area contributed by atoms with Crippen molar-refractivity contribution in [1.29, 1.82) is 0 Å². The molecular formula is C18H19N3O3S. The van der Waals surface area contributed by atoms with Crippen LogP contribution in [0.25, 0.3) is 11.0 Å². The van der Waals surface area contributed by atoms with Crippen LogP contribution in [0.5, 0.6) is 0 Å². The normalized spacial score (nSPS) is 12.2. The zero-order valence-corrected chi connectivity index (χ0v) is 14.6. The van der Waals surface area contributed by atoms with Crippen molar-refractivity contribution in [2.24, 2.45) is 0 Å². The van der Waals surface area contributed by atoms with Crippen LogP contribution < -0.4 is 10.9 Å². The predicted octanol–water partition coefficient (Wildman–Crippen LogP) is 2.42. The highest BCUT2D eigenvalue weighted by atomic mass is 32.1. The Morgan fingerprint density at radius 2 is 2.16 bits per heavy atom. The molecule has 0 aliphatic carbocycles. The number of para-hydroxylation sites is 2. The number of aromatic nitrogens is 2. The summed E-state index contributed by atoms with van der Waals surface area (Å²) >= 11 is 1.59. The molecule has 0 fully saturated rings. The second-order valence-electron chi connectivity index (χ2n) is 5.57. The fourth-order valence-electron chi connectivity index (χ4n) is 2.54. The summed E-state index contributed by atoms with van der Waals surface area (Å²) in [5.74, 6) is -0.132. The Morgan fingerprint density at radius 1 is 1.32 bits per heavy atom. The first-order chi connectivity index (χ1) is 12.2. The summed E-state index contributed by atoms with van der Waals surface area (Å²) < 4.78 is 5.40. The quantitative estimate of drug-likeness (QED) is 0.680. The summed E-state index contributed by atoms with van der Waals surface area (Å²) in [6.45, 7) is 0.400. The van der Waals surface area contributed by atoms with E-state index < -0.39 is 0 Å². The van der Waals surface area contributed by atoms with Gasteiger partial charge in [0, 0.05) is 31.4 Å². The molecule has 0 bridgehead atoms. The van der Waals surface area contributed by atoms with Gasteiger partial charge < -0.3 is 15.0 Å². The van der Waals surface area contributed by atoms with E-state index in [1.807, 2.05) is 35.7 Å². The number of amides is 1. The van der Waals surface area contributed by atoms with Crippen LogP contribution in [0, 0.1) is 0 Å². The fourth-order valence-corrected chi connectivity index (χ4v) is 3.34. The second kappa shape index (κ2) is 8.04. The number of aryl methyl sites for hydroxylation is 1. The molecule has 3 aromatic rings. The van der Waals surface area contributed by atoms with Gasteiger partial charge in [0.1, 0.15) is 11.8 Å². The van der Waals surface area contributed by atoms with E-state index in [2.05, 4.69) is 15.3 Å². The third-order valence-corrected chi connectivity index (χ3v) is 4.85. The molecule has 2 N–H and O–H groups in total. The van der Waals surface area contributed by atoms with Gasteiger partial charge in [-0.3, -0.25) is 9.59 Å². The Labute approximate surface area is 148 Å². The number of hydrogen-bond donors (Lipinski definition) is 2. The summed E-state index contributed by atoms with van der Waals surface area (Å²) in [6.07, 6.45) is 0.337. The van der Waals surface area contributed by atoms with E-state index >= 15 is 0 Å². The standard InChI is InChI=1S/C18H19N3O3S/c1-24-15(16-7-4-10-25-16)11-19-17(22)9-8-14-18(23)21-13-6-3-2-5-12(13)20-14/h2-7,10,15H,8-9,11H2,1H3,(H,19,22)(H,21,23)/t15-/m0/s1. The molecule has 2 aromatic heterocycles. The van der Waals surface area contributed by atoms with E-state index in [9.17, 15) is 9.59 Å². The average molecular weight is 357 g/mol. The molecule has 0 spiro atoms. The van der Waals surface area contributed by atoms with Crippen molar-refractivity contribution < 1.29 is 9.53 Å². The number of fused-ring (bicyclic) bond motifs is 1. The van der Waals surface area contributed by atoms with Gasteiger partial charge in [-0.25, -0.2) is 4.98 Å². The van der Waals surface area contributed by atoms with Crippen LogP contribution in [0.3, 0.4) is 0 Å². The van der Waals surface area contributed by atoms with Gasteiger partial charge in [0.2, 0.25) is 5.91 Å². The second-order valence-corrected chi connectivity index (χ2v) is 6.55. The molecule has 0 aliphatic heterocycles. The van der Waals surface area contributed by atoms with Crippen LogP contribution in [-0.4, -0.2) is 29.5 Å². The topological polar surface area (TPSA) is 84.1 Å². The maximum atomic E-state index is 12.1. The molecule has 2 heterocycles. The molecule has 7 heteroatoms. The zero-order chi connectivity index (χ0) is 17.6. The van der Waals surface area contributed by atoms with E-state index in [-0.39, 0.29) is 24.0 Å². The number of carbonyl (C=O) groups excluding carboxylic acids is 1. The van der Waals surface area contributed by atoms with E-state index in [1.165, 1.54) is 0 Å². The lowest BCUT2D eigenvalue weighted by Gasteiger charge is -2.14. The SMILES string of the molecule is CO[C@@H](CNC(=O)CCc1nc2ccccc2[nH]c1=O)c1cccs1. The van der Waals surface area contributed by atoms with E-state index in [0.29, 0.717) is 24.2 Å². The Bertz CT molecular complexity index is 905. The fraction of sp³-hybridized carbons (Fsp3) is 0.278. The largest absolute Gasteiger partial charge is 0.374 e. The number of benzene rings is 1. The van der Waals surface area contributed by atoms with Crippen molar-refractivity contribution in [1.82, 2.24) is 15.3 Å². The zero-order valence-electron chi connectivity index (χ0n) is 13.8. The molecule has 0 saturated heterocycles. The molecule has 0 radical (unpaired) electrons. The van der Waals surface area contributed by atoms with Crippen molar-refractivity contribution in [2.75, 3.05) is 13.7 Å².